The number of likely N-dealkylation sites (tertiary alicyclic amines) is 1. The van der Waals surface area contributed by atoms with Gasteiger partial charge in [0.05, 0.1) is 30.7 Å². The molecular formula is C33H32ClN9O2. The van der Waals surface area contributed by atoms with Crippen molar-refractivity contribution in [3.8, 4) is 23.3 Å². The molecule has 1 aliphatic carbocycles. The number of halogens is 1. The van der Waals surface area contributed by atoms with E-state index in [9.17, 15) is 10.1 Å². The number of ether oxygens (including phenoxy) is 1. The molecule has 11 nitrogen and oxygen atoms in total. The van der Waals surface area contributed by atoms with E-state index in [0.717, 1.165) is 53.9 Å². The molecule has 8 rings (SSSR count). The number of anilines is 1. The number of imidazole rings is 1. The fourth-order valence-corrected chi connectivity index (χ4v) is 7.74. The quantitative estimate of drug-likeness (QED) is 0.298. The first-order chi connectivity index (χ1) is 21.8. The van der Waals surface area contributed by atoms with Gasteiger partial charge in [0.25, 0.3) is 5.91 Å². The Morgan fingerprint density at radius 1 is 1.13 bits per heavy atom. The van der Waals surface area contributed by atoms with Crippen molar-refractivity contribution < 1.29 is 9.53 Å². The molecule has 0 spiro atoms. The number of amides is 1. The van der Waals surface area contributed by atoms with E-state index in [1.165, 1.54) is 6.20 Å². The largest absolute Gasteiger partial charge is 0.494 e. The predicted octanol–water partition coefficient (Wildman–Crippen LogP) is 4.22. The second-order valence-electron chi connectivity index (χ2n) is 12.5. The molecule has 2 unspecified atom stereocenters. The summed E-state index contributed by atoms with van der Waals surface area (Å²) in [7, 11) is 3.66. The fourth-order valence-electron chi connectivity index (χ4n) is 7.56. The maximum absolute atomic E-state index is 13.8. The average molecular weight is 622 g/mol. The number of rotatable bonds is 6. The van der Waals surface area contributed by atoms with Crippen molar-refractivity contribution in [1.29, 1.82) is 5.26 Å². The molecule has 45 heavy (non-hydrogen) atoms. The van der Waals surface area contributed by atoms with Crippen molar-refractivity contribution in [1.82, 2.24) is 29.0 Å². The van der Waals surface area contributed by atoms with Gasteiger partial charge in [-0.3, -0.25) is 9.78 Å². The summed E-state index contributed by atoms with van der Waals surface area (Å²) in [5.74, 6) is 2.71. The van der Waals surface area contributed by atoms with Gasteiger partial charge in [0.1, 0.15) is 23.2 Å². The number of fused-ring (bicyclic) bond motifs is 4. The molecule has 3 fully saturated rings. The zero-order chi connectivity index (χ0) is 31.0. The number of piperidine rings is 1. The van der Waals surface area contributed by atoms with Crippen LogP contribution >= 0.6 is 11.6 Å². The van der Waals surface area contributed by atoms with E-state index in [-0.39, 0.29) is 23.9 Å². The number of hydrogen-bond donors (Lipinski definition) is 1. The second kappa shape index (κ2) is 10.5. The molecular weight excluding hydrogens is 590 g/mol. The maximum atomic E-state index is 13.8. The summed E-state index contributed by atoms with van der Waals surface area (Å²) < 4.78 is 10.3. The second-order valence-corrected chi connectivity index (χ2v) is 12.9. The molecule has 2 bridgehead atoms. The van der Waals surface area contributed by atoms with E-state index in [1.54, 1.807) is 13.3 Å². The third kappa shape index (κ3) is 4.42. The van der Waals surface area contributed by atoms with Crippen molar-refractivity contribution in [3.05, 3.63) is 65.1 Å². The first-order valence-electron chi connectivity index (χ1n) is 15.2. The number of carbonyl (C=O) groups excluding carboxylic acids is 1. The molecule has 0 radical (unpaired) electrons. The van der Waals surface area contributed by atoms with E-state index >= 15 is 0 Å². The third-order valence-corrected chi connectivity index (χ3v) is 10.1. The van der Waals surface area contributed by atoms with Crippen LogP contribution in [0.2, 0.25) is 5.02 Å². The van der Waals surface area contributed by atoms with Crippen LogP contribution in [-0.4, -0.2) is 73.7 Å². The normalized spacial score (nSPS) is 21.1. The molecule has 1 saturated carbocycles. The van der Waals surface area contributed by atoms with Crippen LogP contribution in [0.5, 0.6) is 5.75 Å². The van der Waals surface area contributed by atoms with Crippen LogP contribution in [0.1, 0.15) is 28.9 Å². The highest BCUT2D eigenvalue weighted by Crippen LogP contribution is 2.40. The number of aromatic nitrogens is 5. The predicted molar refractivity (Wildman–Crippen MR) is 171 cm³/mol. The third-order valence-electron chi connectivity index (χ3n) is 9.88. The minimum Gasteiger partial charge on any atom is -0.494 e. The summed E-state index contributed by atoms with van der Waals surface area (Å²) in [6.45, 7) is 2.88. The summed E-state index contributed by atoms with van der Waals surface area (Å²) >= 11 is 6.35. The van der Waals surface area contributed by atoms with Gasteiger partial charge in [-0.25, -0.2) is 9.97 Å². The number of benzene rings is 2. The SMILES string of the molecule is COc1cc(C(=O)N2CC3CCC2[C@@H]3N)cc2nc(-c3cc4cc(Cl)ccc4n3C)n(CC3CN(c4cncc(C#N)n4)C3)c12. The number of nitriles is 1. The number of nitrogens with zero attached hydrogens (tertiary/aromatic N) is 8. The summed E-state index contributed by atoms with van der Waals surface area (Å²) in [6, 6.07) is 13.9. The van der Waals surface area contributed by atoms with E-state index < -0.39 is 0 Å². The Bertz CT molecular complexity index is 2040. The lowest BCUT2D eigenvalue weighted by Gasteiger charge is -2.40. The molecule has 228 valence electrons. The summed E-state index contributed by atoms with van der Waals surface area (Å²) in [5.41, 5.74) is 10.8. The standard InChI is InChI=1S/C33H32ClN9O2/c1-40-25-6-4-22(34)7-20(25)9-27(40)32-39-24-8-21(33(44)42-17-19-3-5-26(42)30(19)36)10-28(45-2)31(24)43(32)16-18-14-41(15-18)29-13-37-12-23(11-35)38-29/h4,6-10,12-13,18-19,26,30H,3,5,14-17,36H2,1-2H3/t19?,26?,30-/m1/s1. The van der Waals surface area contributed by atoms with E-state index in [2.05, 4.69) is 36.1 Å². The van der Waals surface area contributed by atoms with Gasteiger partial charge in [-0.15, -0.1) is 0 Å². The van der Waals surface area contributed by atoms with Crippen LogP contribution < -0.4 is 15.4 Å². The Balaban J connectivity index is 1.20. The number of nitrogens with two attached hydrogens (primary N) is 1. The molecule has 2 N–H and O–H groups in total. The molecule has 2 saturated heterocycles. The van der Waals surface area contributed by atoms with Gasteiger partial charge in [0.2, 0.25) is 0 Å². The molecule has 3 aromatic heterocycles. The Hall–Kier alpha value is -4.66. The van der Waals surface area contributed by atoms with Crippen molar-refractivity contribution in [2.45, 2.75) is 31.5 Å². The van der Waals surface area contributed by atoms with Crippen molar-refractivity contribution >= 4 is 45.3 Å². The van der Waals surface area contributed by atoms with Crippen molar-refractivity contribution in [2.75, 3.05) is 31.6 Å². The summed E-state index contributed by atoms with van der Waals surface area (Å²) in [5, 5.41) is 11.0. The molecule has 3 aliphatic rings. The highest BCUT2D eigenvalue weighted by atomic mass is 35.5. The van der Waals surface area contributed by atoms with Gasteiger partial charge >= 0.3 is 0 Å². The Morgan fingerprint density at radius 2 is 1.98 bits per heavy atom. The number of hydrogen-bond acceptors (Lipinski definition) is 8. The molecule has 12 heteroatoms. The van der Waals surface area contributed by atoms with Crippen LogP contribution in [0.15, 0.2) is 48.8 Å². The summed E-state index contributed by atoms with van der Waals surface area (Å²) in [6.07, 6.45) is 5.19. The maximum Gasteiger partial charge on any atom is 0.254 e. The molecule has 3 atom stereocenters. The average Bonchev–Trinajstić information content (AvgIpc) is 3.77. The van der Waals surface area contributed by atoms with E-state index in [0.29, 0.717) is 52.4 Å². The topological polar surface area (TPSA) is 131 Å². The van der Waals surface area contributed by atoms with Crippen LogP contribution in [0.4, 0.5) is 5.82 Å². The minimum atomic E-state index is -0.0245. The zero-order valence-electron chi connectivity index (χ0n) is 25.0. The monoisotopic (exact) mass is 621 g/mol. The van der Waals surface area contributed by atoms with Crippen LogP contribution in [-0.2, 0) is 13.6 Å². The number of methoxy groups -OCH3 is 1. The minimum absolute atomic E-state index is 0.0245. The van der Waals surface area contributed by atoms with E-state index in [1.807, 2.05) is 42.3 Å². The summed E-state index contributed by atoms with van der Waals surface area (Å²) in [4.78, 5) is 31.7. The lowest BCUT2D eigenvalue weighted by Crippen LogP contribution is -2.49. The Morgan fingerprint density at radius 3 is 2.71 bits per heavy atom. The molecule has 2 aliphatic heterocycles. The van der Waals surface area contributed by atoms with E-state index in [4.69, 9.17) is 27.1 Å². The molecule has 5 aromatic rings. The number of aryl methyl sites for hydroxylation is 1. The van der Waals surface area contributed by atoms with Gasteiger partial charge in [-0.2, -0.15) is 5.26 Å². The van der Waals surface area contributed by atoms with Gasteiger partial charge in [-0.05, 0) is 55.2 Å². The highest BCUT2D eigenvalue weighted by Gasteiger charge is 2.47. The van der Waals surface area contributed by atoms with Crippen LogP contribution in [0.3, 0.4) is 0 Å². The first-order valence-corrected chi connectivity index (χ1v) is 15.6. The zero-order valence-corrected chi connectivity index (χ0v) is 25.8. The lowest BCUT2D eigenvalue weighted by molar-refractivity contribution is 0.0700. The van der Waals surface area contributed by atoms with Gasteiger partial charge in [-0.1, -0.05) is 11.6 Å². The van der Waals surface area contributed by atoms with Crippen LogP contribution in [0.25, 0.3) is 33.5 Å². The first kappa shape index (κ1) is 27.9. The molecule has 5 heterocycles. The smallest absolute Gasteiger partial charge is 0.254 e. The van der Waals surface area contributed by atoms with Crippen LogP contribution in [0, 0.1) is 23.2 Å². The van der Waals surface area contributed by atoms with Gasteiger partial charge in [0.15, 0.2) is 11.5 Å². The molecule has 2 aromatic carbocycles. The van der Waals surface area contributed by atoms with Crippen molar-refractivity contribution in [3.63, 3.8) is 0 Å². The van der Waals surface area contributed by atoms with Gasteiger partial charge in [0, 0.05) is 72.7 Å². The fraction of sp³-hybridized carbons (Fsp3) is 0.364. The Kier molecular flexibility index (Phi) is 6.48. The lowest BCUT2D eigenvalue weighted by atomic mass is 10.00. The highest BCUT2D eigenvalue weighted by molar-refractivity contribution is 6.31. The Labute approximate surface area is 264 Å². The van der Waals surface area contributed by atoms with Crippen molar-refractivity contribution in [2.24, 2.45) is 24.6 Å². The number of carbonyl (C=O) groups is 1. The molecule has 1 amide bonds. The van der Waals surface area contributed by atoms with Gasteiger partial charge < -0.3 is 29.4 Å².